The van der Waals surface area contributed by atoms with Crippen molar-refractivity contribution >= 4 is 0 Å². The maximum absolute atomic E-state index is 8.48. The molecule has 2 N–H and O–H groups in total. The van der Waals surface area contributed by atoms with Gasteiger partial charge in [-0.15, -0.1) is 0 Å². The third-order valence-electron chi connectivity index (χ3n) is 2.36. The lowest BCUT2D eigenvalue weighted by molar-refractivity contribution is 0.0905. The molecule has 0 amide bonds. The lowest BCUT2D eigenvalue weighted by Gasteiger charge is -2.17. The summed E-state index contributed by atoms with van der Waals surface area (Å²) in [5, 5.41) is 11.9. The predicted molar refractivity (Wildman–Crippen MR) is 57.3 cm³/mol. The van der Waals surface area contributed by atoms with Crippen LogP contribution in [0.5, 0.6) is 0 Å². The molecular formula is C11H21NO2. The highest BCUT2D eigenvalue weighted by atomic mass is 16.5. The van der Waals surface area contributed by atoms with Crippen LogP contribution in [0, 0.1) is 0 Å². The molecule has 0 radical (unpaired) electrons. The Morgan fingerprint density at radius 3 is 3.07 bits per heavy atom. The number of aliphatic hydroxyl groups excluding tert-OH is 1. The lowest BCUT2D eigenvalue weighted by atomic mass is 10.0. The van der Waals surface area contributed by atoms with E-state index in [1.807, 2.05) is 0 Å². The number of allylic oxidation sites excluding steroid dienone is 1. The van der Waals surface area contributed by atoms with Crippen molar-refractivity contribution in [2.45, 2.75) is 31.7 Å². The Balaban J connectivity index is 1.88. The van der Waals surface area contributed by atoms with Crippen molar-refractivity contribution in [3.8, 4) is 0 Å². The second-order valence-electron chi connectivity index (χ2n) is 3.61. The first-order valence-electron chi connectivity index (χ1n) is 5.52. The van der Waals surface area contributed by atoms with Crippen molar-refractivity contribution in [3.05, 3.63) is 12.2 Å². The van der Waals surface area contributed by atoms with Gasteiger partial charge in [0.15, 0.2) is 0 Å². The number of hydrogen-bond donors (Lipinski definition) is 2. The van der Waals surface area contributed by atoms with Crippen LogP contribution in [0.4, 0.5) is 0 Å². The number of rotatable bonds is 7. The summed E-state index contributed by atoms with van der Waals surface area (Å²) in [7, 11) is 0. The second-order valence-corrected chi connectivity index (χ2v) is 3.61. The molecule has 0 fully saturated rings. The van der Waals surface area contributed by atoms with Crippen LogP contribution in [0.2, 0.25) is 0 Å². The second kappa shape index (κ2) is 7.97. The van der Waals surface area contributed by atoms with Crippen molar-refractivity contribution in [2.75, 3.05) is 26.4 Å². The molecule has 0 heterocycles. The number of hydrogen-bond acceptors (Lipinski definition) is 3. The Kier molecular flexibility index (Phi) is 6.66. The fourth-order valence-electron chi connectivity index (χ4n) is 1.61. The van der Waals surface area contributed by atoms with E-state index < -0.39 is 0 Å². The van der Waals surface area contributed by atoms with E-state index in [1.54, 1.807) is 0 Å². The summed E-state index contributed by atoms with van der Waals surface area (Å²) in [6, 6.07) is 0.571. The summed E-state index contributed by atoms with van der Waals surface area (Å²) in [4.78, 5) is 0. The number of aliphatic hydroxyl groups is 1. The van der Waals surface area contributed by atoms with E-state index in [1.165, 1.54) is 19.3 Å². The summed E-state index contributed by atoms with van der Waals surface area (Å²) >= 11 is 0. The fraction of sp³-hybridized carbons (Fsp3) is 0.818. The zero-order valence-corrected chi connectivity index (χ0v) is 8.74. The van der Waals surface area contributed by atoms with Crippen molar-refractivity contribution in [2.24, 2.45) is 0 Å². The Morgan fingerprint density at radius 2 is 2.36 bits per heavy atom. The SMILES string of the molecule is OCCOCCCNC1C=CCCC1. The Labute approximate surface area is 86.2 Å². The minimum atomic E-state index is 0.124. The lowest BCUT2D eigenvalue weighted by Crippen LogP contribution is -2.29. The Bertz CT molecular complexity index is 159. The van der Waals surface area contributed by atoms with Gasteiger partial charge >= 0.3 is 0 Å². The highest BCUT2D eigenvalue weighted by Crippen LogP contribution is 2.09. The molecule has 0 bridgehead atoms. The number of ether oxygens (including phenoxy) is 1. The van der Waals surface area contributed by atoms with E-state index in [2.05, 4.69) is 17.5 Å². The van der Waals surface area contributed by atoms with Crippen LogP contribution in [-0.2, 0) is 4.74 Å². The molecular weight excluding hydrogens is 178 g/mol. The van der Waals surface area contributed by atoms with Gasteiger partial charge in [0.25, 0.3) is 0 Å². The molecule has 1 atom stereocenters. The summed E-state index contributed by atoms with van der Waals surface area (Å²) < 4.78 is 5.16. The van der Waals surface area contributed by atoms with Crippen LogP contribution in [0.25, 0.3) is 0 Å². The highest BCUT2D eigenvalue weighted by molar-refractivity contribution is 4.97. The van der Waals surface area contributed by atoms with Gasteiger partial charge in [0, 0.05) is 12.6 Å². The molecule has 1 aliphatic rings. The molecule has 14 heavy (non-hydrogen) atoms. The van der Waals surface area contributed by atoms with Crippen LogP contribution in [-0.4, -0.2) is 37.5 Å². The first kappa shape index (κ1) is 11.7. The molecule has 1 rings (SSSR count). The minimum absolute atomic E-state index is 0.124. The molecule has 0 aromatic heterocycles. The highest BCUT2D eigenvalue weighted by Gasteiger charge is 2.05. The maximum Gasteiger partial charge on any atom is 0.0697 e. The van der Waals surface area contributed by atoms with Gasteiger partial charge in [-0.25, -0.2) is 0 Å². The van der Waals surface area contributed by atoms with E-state index >= 15 is 0 Å². The van der Waals surface area contributed by atoms with Gasteiger partial charge in [0.1, 0.15) is 0 Å². The molecule has 3 heteroatoms. The third-order valence-corrected chi connectivity index (χ3v) is 2.36. The largest absolute Gasteiger partial charge is 0.394 e. The van der Waals surface area contributed by atoms with E-state index in [9.17, 15) is 0 Å². The zero-order valence-electron chi connectivity index (χ0n) is 8.74. The Morgan fingerprint density at radius 1 is 1.43 bits per heavy atom. The minimum Gasteiger partial charge on any atom is -0.394 e. The van der Waals surface area contributed by atoms with E-state index in [-0.39, 0.29) is 6.61 Å². The first-order valence-corrected chi connectivity index (χ1v) is 5.52. The third kappa shape index (κ3) is 5.37. The molecule has 0 spiro atoms. The topological polar surface area (TPSA) is 41.5 Å². The quantitative estimate of drug-likeness (QED) is 0.476. The smallest absolute Gasteiger partial charge is 0.0697 e. The molecule has 0 aromatic rings. The van der Waals surface area contributed by atoms with Crippen molar-refractivity contribution in [3.63, 3.8) is 0 Å². The average molecular weight is 199 g/mol. The van der Waals surface area contributed by atoms with Gasteiger partial charge in [-0.1, -0.05) is 12.2 Å². The molecule has 0 saturated heterocycles. The zero-order chi connectivity index (χ0) is 10.1. The van der Waals surface area contributed by atoms with Gasteiger partial charge in [-0.2, -0.15) is 0 Å². The molecule has 3 nitrogen and oxygen atoms in total. The van der Waals surface area contributed by atoms with Gasteiger partial charge in [0.05, 0.1) is 13.2 Å². The summed E-state index contributed by atoms with van der Waals surface area (Å²) in [6.45, 7) is 2.33. The van der Waals surface area contributed by atoms with E-state index in [0.717, 1.165) is 19.6 Å². The van der Waals surface area contributed by atoms with Gasteiger partial charge in [0.2, 0.25) is 0 Å². The fourth-order valence-corrected chi connectivity index (χ4v) is 1.61. The van der Waals surface area contributed by atoms with Gasteiger partial charge in [-0.05, 0) is 32.2 Å². The van der Waals surface area contributed by atoms with Gasteiger partial charge < -0.3 is 15.2 Å². The molecule has 82 valence electrons. The van der Waals surface area contributed by atoms with Crippen molar-refractivity contribution in [1.82, 2.24) is 5.32 Å². The van der Waals surface area contributed by atoms with Crippen molar-refractivity contribution < 1.29 is 9.84 Å². The van der Waals surface area contributed by atoms with Crippen molar-refractivity contribution in [1.29, 1.82) is 0 Å². The predicted octanol–water partition coefficient (Wildman–Crippen LogP) is 1.08. The molecule has 1 aliphatic carbocycles. The van der Waals surface area contributed by atoms with Crippen LogP contribution < -0.4 is 5.32 Å². The van der Waals surface area contributed by atoms with Crippen LogP contribution in [0.15, 0.2) is 12.2 Å². The standard InChI is InChI=1S/C11H21NO2/c13-8-10-14-9-4-7-12-11-5-2-1-3-6-11/h2,5,11-13H,1,3-4,6-10H2. The van der Waals surface area contributed by atoms with Gasteiger partial charge in [-0.3, -0.25) is 0 Å². The molecule has 1 unspecified atom stereocenters. The normalized spacial score (nSPS) is 21.4. The van der Waals surface area contributed by atoms with Crippen LogP contribution in [0.3, 0.4) is 0 Å². The summed E-state index contributed by atoms with van der Waals surface area (Å²) in [6.07, 6.45) is 9.33. The van der Waals surface area contributed by atoms with E-state index in [0.29, 0.717) is 12.6 Å². The van der Waals surface area contributed by atoms with E-state index in [4.69, 9.17) is 9.84 Å². The average Bonchev–Trinajstić information content (AvgIpc) is 2.25. The molecule has 0 saturated carbocycles. The number of nitrogens with one attached hydrogen (secondary N) is 1. The Hall–Kier alpha value is -0.380. The van der Waals surface area contributed by atoms with Crippen LogP contribution >= 0.6 is 0 Å². The monoisotopic (exact) mass is 199 g/mol. The van der Waals surface area contributed by atoms with Crippen LogP contribution in [0.1, 0.15) is 25.7 Å². The molecule has 0 aromatic carbocycles. The summed E-state index contributed by atoms with van der Waals surface area (Å²) in [5.74, 6) is 0. The first-order chi connectivity index (χ1) is 6.93. The summed E-state index contributed by atoms with van der Waals surface area (Å²) in [5.41, 5.74) is 0. The molecule has 0 aliphatic heterocycles. The maximum atomic E-state index is 8.48.